The quantitative estimate of drug-likeness (QED) is 0.867. The summed E-state index contributed by atoms with van der Waals surface area (Å²) in [4.78, 5) is 29.3. The van der Waals surface area contributed by atoms with E-state index in [0.29, 0.717) is 17.3 Å². The van der Waals surface area contributed by atoms with Gasteiger partial charge in [0, 0.05) is 24.9 Å². The smallest absolute Gasteiger partial charge is 0.313 e. The van der Waals surface area contributed by atoms with E-state index in [2.05, 4.69) is 27.8 Å². The highest BCUT2D eigenvalue weighted by molar-refractivity contribution is 6.38. The third-order valence-electron chi connectivity index (χ3n) is 4.56. The number of nitrogens with one attached hydrogen (secondary N) is 2. The molecule has 0 saturated carbocycles. The van der Waals surface area contributed by atoms with Crippen LogP contribution in [-0.2, 0) is 4.79 Å². The fourth-order valence-corrected chi connectivity index (χ4v) is 3.52. The van der Waals surface area contributed by atoms with Crippen molar-refractivity contribution in [1.82, 2.24) is 15.6 Å². The maximum atomic E-state index is 12.1. The highest BCUT2D eigenvalue weighted by Crippen LogP contribution is 2.34. The van der Waals surface area contributed by atoms with Crippen LogP contribution in [0, 0.1) is 0 Å². The number of hydrogen-bond acceptors (Lipinski definition) is 4. The van der Waals surface area contributed by atoms with Crippen molar-refractivity contribution in [3.8, 4) is 0 Å². The Hall–Kier alpha value is -2.44. The number of amides is 3. The Kier molecular flexibility index (Phi) is 4.15. The maximum absolute atomic E-state index is 12.1. The molecule has 0 spiro atoms. The molecule has 7 heteroatoms. The van der Waals surface area contributed by atoms with Crippen molar-refractivity contribution >= 4 is 45.7 Å². The Morgan fingerprint density at radius 3 is 2.84 bits per heavy atom. The van der Waals surface area contributed by atoms with Crippen LogP contribution in [0.5, 0.6) is 0 Å². The van der Waals surface area contributed by atoms with Gasteiger partial charge in [-0.3, -0.25) is 20.0 Å². The minimum atomic E-state index is -0.462. The van der Waals surface area contributed by atoms with Gasteiger partial charge in [0.2, 0.25) is 5.91 Å². The van der Waals surface area contributed by atoms with E-state index in [0.717, 1.165) is 36.0 Å². The Morgan fingerprint density at radius 2 is 2.08 bits per heavy atom. The first-order chi connectivity index (χ1) is 12.1. The first-order valence-corrected chi connectivity index (χ1v) is 8.61. The number of anilines is 1. The van der Waals surface area contributed by atoms with Crippen LogP contribution in [0.1, 0.15) is 18.4 Å². The van der Waals surface area contributed by atoms with Gasteiger partial charge in [0.15, 0.2) is 0 Å². The van der Waals surface area contributed by atoms with Gasteiger partial charge in [0.1, 0.15) is 0 Å². The summed E-state index contributed by atoms with van der Waals surface area (Å²) in [5.74, 6) is -0.272. The molecule has 1 aromatic heterocycles. The van der Waals surface area contributed by atoms with Crippen molar-refractivity contribution in [2.75, 3.05) is 24.5 Å². The second-order valence-electron chi connectivity index (χ2n) is 6.13. The summed E-state index contributed by atoms with van der Waals surface area (Å²) in [6, 6.07) is 5.56. The minimum absolute atomic E-state index is 0.250. The molecule has 6 nitrogen and oxygen atoms in total. The topological polar surface area (TPSA) is 74.3 Å². The average Bonchev–Trinajstić information content (AvgIpc) is 2.63. The van der Waals surface area contributed by atoms with E-state index in [-0.39, 0.29) is 12.3 Å². The Labute approximate surface area is 149 Å². The molecule has 0 atom stereocenters. The van der Waals surface area contributed by atoms with Crippen molar-refractivity contribution in [2.24, 2.45) is 0 Å². The van der Waals surface area contributed by atoms with Crippen LogP contribution in [0.4, 0.5) is 10.5 Å². The molecule has 3 heterocycles. The summed E-state index contributed by atoms with van der Waals surface area (Å²) in [5.41, 5.74) is 3.70. The lowest BCUT2D eigenvalue weighted by atomic mass is 9.98. The second-order valence-corrected chi connectivity index (χ2v) is 6.51. The molecule has 1 saturated heterocycles. The molecule has 2 aliphatic rings. The largest absolute Gasteiger partial charge is 0.328 e. The lowest BCUT2D eigenvalue weighted by Crippen LogP contribution is -2.49. The fraction of sp³-hybridized carbons (Fsp3) is 0.278. The lowest BCUT2D eigenvalue weighted by Gasteiger charge is -2.27. The minimum Gasteiger partial charge on any atom is -0.313 e. The Balaban J connectivity index is 1.77. The van der Waals surface area contributed by atoms with E-state index in [4.69, 9.17) is 11.6 Å². The number of rotatable bonds is 2. The van der Waals surface area contributed by atoms with Gasteiger partial charge >= 0.3 is 6.03 Å². The lowest BCUT2D eigenvalue weighted by molar-refractivity contribution is -0.120. The van der Waals surface area contributed by atoms with Gasteiger partial charge in [-0.2, -0.15) is 0 Å². The summed E-state index contributed by atoms with van der Waals surface area (Å²) in [5, 5.41) is 6.90. The summed E-state index contributed by atoms with van der Waals surface area (Å²) >= 11 is 6.61. The molecule has 2 aliphatic heterocycles. The molecule has 128 valence electrons. The number of nitrogens with zero attached hydrogens (tertiary/aromatic N) is 2. The molecule has 2 aromatic rings. The second kappa shape index (κ2) is 6.46. The Morgan fingerprint density at radius 1 is 1.20 bits per heavy atom. The molecule has 1 aromatic carbocycles. The van der Waals surface area contributed by atoms with Gasteiger partial charge in [-0.15, -0.1) is 0 Å². The number of hydrogen-bond donors (Lipinski definition) is 2. The molecule has 0 aliphatic carbocycles. The van der Waals surface area contributed by atoms with Crippen molar-refractivity contribution in [2.45, 2.75) is 12.8 Å². The Bertz CT molecular complexity index is 909. The number of halogens is 1. The molecule has 0 bridgehead atoms. The van der Waals surface area contributed by atoms with E-state index in [1.807, 2.05) is 12.1 Å². The molecule has 4 rings (SSSR count). The number of pyridine rings is 1. The molecule has 0 radical (unpaired) electrons. The monoisotopic (exact) mass is 356 g/mol. The fourth-order valence-electron chi connectivity index (χ4n) is 3.22. The number of carbonyl (C=O) groups is 2. The molecule has 0 unspecified atom stereocenters. The van der Waals surface area contributed by atoms with Gasteiger partial charge in [-0.1, -0.05) is 23.7 Å². The van der Waals surface area contributed by atoms with Crippen LogP contribution in [0.2, 0.25) is 5.02 Å². The SMILES string of the molecule is O=C1CCN(c2cnc3ccc(C4=CCNCC4)cc3c2Cl)C(=O)N1. The summed E-state index contributed by atoms with van der Waals surface area (Å²) in [7, 11) is 0. The average molecular weight is 357 g/mol. The van der Waals surface area contributed by atoms with E-state index in [9.17, 15) is 9.59 Å². The van der Waals surface area contributed by atoms with E-state index in [1.165, 1.54) is 10.5 Å². The standard InChI is InChI=1S/C18H17ClN4O2/c19-17-13-9-12(11-3-6-20-7-4-11)1-2-14(13)21-10-15(17)23-8-5-16(24)22-18(23)25/h1-3,9-10,20H,4-8H2,(H,22,24,25). The highest BCUT2D eigenvalue weighted by Gasteiger charge is 2.26. The van der Waals surface area contributed by atoms with Crippen molar-refractivity contribution in [3.05, 3.63) is 41.1 Å². The number of imide groups is 1. The summed E-state index contributed by atoms with van der Waals surface area (Å²) in [6.07, 6.45) is 4.98. The third kappa shape index (κ3) is 2.99. The van der Waals surface area contributed by atoms with Gasteiger partial charge in [-0.25, -0.2) is 4.79 Å². The number of aromatic nitrogens is 1. The van der Waals surface area contributed by atoms with Crippen molar-refractivity contribution in [1.29, 1.82) is 0 Å². The normalized spacial score (nSPS) is 18.3. The van der Waals surface area contributed by atoms with Gasteiger partial charge in [-0.05, 0) is 36.2 Å². The van der Waals surface area contributed by atoms with Gasteiger partial charge in [0.05, 0.1) is 22.4 Å². The van der Waals surface area contributed by atoms with Crippen LogP contribution in [-0.4, -0.2) is 36.6 Å². The van der Waals surface area contributed by atoms with Crippen LogP contribution in [0.15, 0.2) is 30.5 Å². The summed E-state index contributed by atoms with van der Waals surface area (Å²) < 4.78 is 0. The first-order valence-electron chi connectivity index (χ1n) is 8.23. The predicted octanol–water partition coefficient (Wildman–Crippen LogP) is 2.71. The highest BCUT2D eigenvalue weighted by atomic mass is 35.5. The maximum Gasteiger partial charge on any atom is 0.328 e. The van der Waals surface area contributed by atoms with E-state index in [1.54, 1.807) is 6.20 Å². The van der Waals surface area contributed by atoms with Crippen LogP contribution >= 0.6 is 11.6 Å². The zero-order chi connectivity index (χ0) is 17.4. The van der Waals surface area contributed by atoms with Crippen molar-refractivity contribution < 1.29 is 9.59 Å². The van der Waals surface area contributed by atoms with Crippen molar-refractivity contribution in [3.63, 3.8) is 0 Å². The predicted molar refractivity (Wildman–Crippen MR) is 97.7 cm³/mol. The van der Waals surface area contributed by atoms with Crippen LogP contribution < -0.4 is 15.5 Å². The van der Waals surface area contributed by atoms with Crippen LogP contribution in [0.25, 0.3) is 16.5 Å². The molecular formula is C18H17ClN4O2. The third-order valence-corrected chi connectivity index (χ3v) is 4.96. The van der Waals surface area contributed by atoms with E-state index >= 15 is 0 Å². The molecular weight excluding hydrogens is 340 g/mol. The number of urea groups is 1. The summed E-state index contributed by atoms with van der Waals surface area (Å²) in [6.45, 7) is 2.12. The van der Waals surface area contributed by atoms with Crippen LogP contribution in [0.3, 0.4) is 0 Å². The molecule has 2 N–H and O–H groups in total. The molecule has 25 heavy (non-hydrogen) atoms. The first kappa shape index (κ1) is 16.1. The zero-order valence-corrected chi connectivity index (χ0v) is 14.3. The number of carbonyl (C=O) groups excluding carboxylic acids is 2. The molecule has 1 fully saturated rings. The van der Waals surface area contributed by atoms with Gasteiger partial charge < -0.3 is 5.32 Å². The van der Waals surface area contributed by atoms with E-state index < -0.39 is 6.03 Å². The number of benzene rings is 1. The molecule has 3 amide bonds. The number of fused-ring (bicyclic) bond motifs is 1. The van der Waals surface area contributed by atoms with Gasteiger partial charge in [0.25, 0.3) is 0 Å². The zero-order valence-electron chi connectivity index (χ0n) is 13.5.